The summed E-state index contributed by atoms with van der Waals surface area (Å²) < 4.78 is 4.72. The van der Waals surface area contributed by atoms with E-state index in [-0.39, 0.29) is 5.82 Å². The molecule has 0 spiro atoms. The van der Waals surface area contributed by atoms with E-state index < -0.39 is 0 Å². The first-order chi connectivity index (χ1) is 9.01. The van der Waals surface area contributed by atoms with Gasteiger partial charge in [0.2, 0.25) is 0 Å². The number of hydrogen-bond donors (Lipinski definition) is 1. The van der Waals surface area contributed by atoms with Crippen molar-refractivity contribution in [3.8, 4) is 6.07 Å². The molecule has 0 saturated heterocycles. The second kappa shape index (κ2) is 6.07. The van der Waals surface area contributed by atoms with E-state index in [1.54, 1.807) is 10.9 Å². The summed E-state index contributed by atoms with van der Waals surface area (Å²) in [5.41, 5.74) is 7.19. The predicted octanol–water partition coefficient (Wildman–Crippen LogP) is 3.87. The zero-order valence-electron chi connectivity index (χ0n) is 9.70. The molecule has 19 heavy (non-hydrogen) atoms. The standard InChI is InChI=1S/C12H9Br3N4/c13-9-4-11(15)10(14)3-7(9)1-2-19-6-8(5-16)12(17)18-19/h3-4,6H,1-2H2,(H2,17,18). The molecule has 0 saturated carbocycles. The molecule has 0 unspecified atom stereocenters. The van der Waals surface area contributed by atoms with Crippen LogP contribution in [0.4, 0.5) is 5.82 Å². The Kier molecular flexibility index (Phi) is 4.66. The van der Waals surface area contributed by atoms with Gasteiger partial charge in [0.25, 0.3) is 0 Å². The number of nitriles is 1. The minimum atomic E-state index is 0.276. The zero-order chi connectivity index (χ0) is 14.0. The van der Waals surface area contributed by atoms with E-state index in [2.05, 4.69) is 52.9 Å². The van der Waals surface area contributed by atoms with Crippen molar-refractivity contribution in [3.63, 3.8) is 0 Å². The molecular weight excluding hydrogens is 440 g/mol. The maximum absolute atomic E-state index is 8.83. The summed E-state index contributed by atoms with van der Waals surface area (Å²) >= 11 is 10.5. The van der Waals surface area contributed by atoms with E-state index in [0.717, 1.165) is 25.4 Å². The molecule has 0 atom stereocenters. The Bertz CT molecular complexity index is 658. The Morgan fingerprint density at radius 1 is 1.21 bits per heavy atom. The van der Waals surface area contributed by atoms with E-state index in [9.17, 15) is 0 Å². The number of aromatic nitrogens is 2. The third kappa shape index (κ3) is 3.38. The number of nitrogen functional groups attached to an aromatic ring is 1. The fourth-order valence-electron chi connectivity index (χ4n) is 1.63. The van der Waals surface area contributed by atoms with Gasteiger partial charge in [0, 0.05) is 26.2 Å². The fraction of sp³-hybridized carbons (Fsp3) is 0.167. The highest BCUT2D eigenvalue weighted by Crippen LogP contribution is 2.30. The molecule has 1 heterocycles. The van der Waals surface area contributed by atoms with Crippen molar-refractivity contribution in [2.45, 2.75) is 13.0 Å². The number of rotatable bonds is 3. The normalized spacial score (nSPS) is 10.4. The van der Waals surface area contributed by atoms with Crippen molar-refractivity contribution in [2.75, 3.05) is 5.73 Å². The SMILES string of the molecule is N#Cc1cn(CCc2cc(Br)c(Br)cc2Br)nc1N. The number of anilines is 1. The largest absolute Gasteiger partial charge is 0.381 e. The lowest BCUT2D eigenvalue weighted by atomic mass is 10.1. The van der Waals surface area contributed by atoms with E-state index >= 15 is 0 Å². The number of halogens is 3. The highest BCUT2D eigenvalue weighted by atomic mass is 79.9. The van der Waals surface area contributed by atoms with Crippen LogP contribution in [0.25, 0.3) is 0 Å². The van der Waals surface area contributed by atoms with Crippen LogP contribution >= 0.6 is 47.8 Å². The van der Waals surface area contributed by atoms with Crippen LogP contribution in [0.1, 0.15) is 11.1 Å². The molecule has 0 bridgehead atoms. The maximum atomic E-state index is 8.83. The summed E-state index contributed by atoms with van der Waals surface area (Å²) in [7, 11) is 0. The van der Waals surface area contributed by atoms with Crippen LogP contribution in [-0.2, 0) is 13.0 Å². The fourth-order valence-corrected chi connectivity index (χ4v) is 3.21. The minimum Gasteiger partial charge on any atom is -0.381 e. The maximum Gasteiger partial charge on any atom is 0.163 e. The Balaban J connectivity index is 2.14. The van der Waals surface area contributed by atoms with Crippen molar-refractivity contribution >= 4 is 53.6 Å². The van der Waals surface area contributed by atoms with Crippen LogP contribution in [0.15, 0.2) is 31.7 Å². The first-order valence-electron chi connectivity index (χ1n) is 5.37. The van der Waals surface area contributed by atoms with Crippen LogP contribution in [0.2, 0.25) is 0 Å². The third-order valence-electron chi connectivity index (χ3n) is 2.61. The lowest BCUT2D eigenvalue weighted by molar-refractivity contribution is 0.616. The van der Waals surface area contributed by atoms with Gasteiger partial charge >= 0.3 is 0 Å². The van der Waals surface area contributed by atoms with Gasteiger partial charge in [0.05, 0.1) is 0 Å². The zero-order valence-corrected chi connectivity index (χ0v) is 14.5. The molecule has 0 aliphatic carbocycles. The quantitative estimate of drug-likeness (QED) is 0.725. The molecule has 4 nitrogen and oxygen atoms in total. The topological polar surface area (TPSA) is 67.6 Å². The van der Waals surface area contributed by atoms with Crippen LogP contribution in [0.5, 0.6) is 0 Å². The Labute approximate surface area is 136 Å². The summed E-state index contributed by atoms with van der Waals surface area (Å²) in [6.07, 6.45) is 2.45. The van der Waals surface area contributed by atoms with Gasteiger partial charge in [-0.05, 0) is 56.0 Å². The molecule has 0 amide bonds. The van der Waals surface area contributed by atoms with E-state index in [1.165, 1.54) is 0 Å². The smallest absolute Gasteiger partial charge is 0.163 e. The summed E-state index contributed by atoms with van der Waals surface area (Å²) in [6, 6.07) is 6.06. The summed E-state index contributed by atoms with van der Waals surface area (Å²) in [5.74, 6) is 0.276. The molecule has 2 rings (SSSR count). The molecule has 0 aliphatic rings. The van der Waals surface area contributed by atoms with Crippen molar-refractivity contribution in [1.82, 2.24) is 9.78 Å². The predicted molar refractivity (Wildman–Crippen MR) is 84.6 cm³/mol. The number of aryl methyl sites for hydroxylation is 2. The molecule has 2 aromatic rings. The number of benzene rings is 1. The lowest BCUT2D eigenvalue weighted by Gasteiger charge is -2.07. The van der Waals surface area contributed by atoms with Crippen LogP contribution < -0.4 is 5.73 Å². The number of hydrogen-bond acceptors (Lipinski definition) is 3. The van der Waals surface area contributed by atoms with Gasteiger partial charge in [0.1, 0.15) is 11.6 Å². The summed E-state index contributed by atoms with van der Waals surface area (Å²) in [5, 5.41) is 12.9. The Morgan fingerprint density at radius 3 is 2.53 bits per heavy atom. The minimum absolute atomic E-state index is 0.276. The van der Waals surface area contributed by atoms with E-state index in [0.29, 0.717) is 12.1 Å². The first kappa shape index (κ1) is 14.6. The van der Waals surface area contributed by atoms with Crippen molar-refractivity contribution in [3.05, 3.63) is 42.9 Å². The van der Waals surface area contributed by atoms with Crippen molar-refractivity contribution in [2.24, 2.45) is 0 Å². The highest BCUT2D eigenvalue weighted by Gasteiger charge is 2.08. The van der Waals surface area contributed by atoms with Crippen molar-refractivity contribution < 1.29 is 0 Å². The average Bonchev–Trinajstić information content (AvgIpc) is 2.73. The molecule has 0 radical (unpaired) electrons. The van der Waals surface area contributed by atoms with Gasteiger partial charge in [-0.2, -0.15) is 10.4 Å². The van der Waals surface area contributed by atoms with Gasteiger partial charge in [-0.15, -0.1) is 0 Å². The monoisotopic (exact) mass is 446 g/mol. The van der Waals surface area contributed by atoms with Gasteiger partial charge in [0.15, 0.2) is 5.82 Å². The molecule has 1 aromatic heterocycles. The number of nitrogens with zero attached hydrogens (tertiary/aromatic N) is 3. The van der Waals surface area contributed by atoms with Gasteiger partial charge in [-0.25, -0.2) is 0 Å². The van der Waals surface area contributed by atoms with Crippen LogP contribution in [0.3, 0.4) is 0 Å². The summed E-state index contributed by atoms with van der Waals surface area (Å²) in [4.78, 5) is 0. The highest BCUT2D eigenvalue weighted by molar-refractivity contribution is 9.13. The summed E-state index contributed by atoms with van der Waals surface area (Å²) in [6.45, 7) is 0.665. The second-order valence-electron chi connectivity index (χ2n) is 3.91. The molecular formula is C12H9Br3N4. The second-order valence-corrected chi connectivity index (χ2v) is 6.47. The van der Waals surface area contributed by atoms with Crippen molar-refractivity contribution in [1.29, 1.82) is 5.26 Å². The average molecular weight is 449 g/mol. The molecule has 98 valence electrons. The van der Waals surface area contributed by atoms with Gasteiger partial charge in [-0.1, -0.05) is 15.9 Å². The first-order valence-corrected chi connectivity index (χ1v) is 7.75. The third-order valence-corrected chi connectivity index (χ3v) is 5.19. The molecule has 1 aromatic carbocycles. The Hall–Kier alpha value is -0.840. The molecule has 0 aliphatic heterocycles. The lowest BCUT2D eigenvalue weighted by Crippen LogP contribution is -2.03. The van der Waals surface area contributed by atoms with E-state index in [1.807, 2.05) is 18.2 Å². The molecule has 2 N–H and O–H groups in total. The Morgan fingerprint density at radius 2 is 1.89 bits per heavy atom. The van der Waals surface area contributed by atoms with Crippen LogP contribution in [0, 0.1) is 11.3 Å². The molecule has 7 heteroatoms. The number of nitrogens with two attached hydrogens (primary N) is 1. The van der Waals surface area contributed by atoms with Gasteiger partial charge in [-0.3, -0.25) is 4.68 Å². The molecule has 0 fully saturated rings. The van der Waals surface area contributed by atoms with E-state index in [4.69, 9.17) is 11.0 Å². The van der Waals surface area contributed by atoms with Crippen LogP contribution in [-0.4, -0.2) is 9.78 Å². The van der Waals surface area contributed by atoms with Gasteiger partial charge < -0.3 is 5.73 Å².